The van der Waals surface area contributed by atoms with Crippen LogP contribution in [-0.2, 0) is 10.4 Å². The second-order valence-electron chi connectivity index (χ2n) is 7.10. The van der Waals surface area contributed by atoms with Crippen LogP contribution in [0.2, 0.25) is 0 Å². The molecule has 1 atom stereocenters. The lowest BCUT2D eigenvalue weighted by molar-refractivity contribution is -0.135. The number of hydrogen-bond acceptors (Lipinski definition) is 3. The Labute approximate surface area is 167 Å². The molecule has 0 saturated carbocycles. The molecule has 140 valence electrons. The van der Waals surface area contributed by atoms with Gasteiger partial charge in [0.1, 0.15) is 0 Å². The van der Waals surface area contributed by atoms with Gasteiger partial charge in [0.2, 0.25) is 0 Å². The van der Waals surface area contributed by atoms with E-state index >= 15 is 0 Å². The second-order valence-corrected chi connectivity index (χ2v) is 8.02. The summed E-state index contributed by atoms with van der Waals surface area (Å²) >= 11 is 3.39. The van der Waals surface area contributed by atoms with E-state index < -0.39 is 11.5 Å². The number of anilines is 1. The molecule has 0 saturated heterocycles. The molecule has 27 heavy (non-hydrogen) atoms. The number of hydrogen-bond donors (Lipinski definition) is 1. The van der Waals surface area contributed by atoms with Crippen LogP contribution in [0.5, 0.6) is 0 Å². The van der Waals surface area contributed by atoms with Crippen molar-refractivity contribution in [3.8, 4) is 0 Å². The zero-order valence-corrected chi connectivity index (χ0v) is 17.3. The molecule has 2 aromatic rings. The van der Waals surface area contributed by atoms with Gasteiger partial charge in [-0.15, -0.1) is 6.58 Å². The van der Waals surface area contributed by atoms with Crippen molar-refractivity contribution in [1.29, 1.82) is 0 Å². The average Bonchev–Trinajstić information content (AvgIpc) is 2.76. The van der Waals surface area contributed by atoms with Crippen molar-refractivity contribution in [3.63, 3.8) is 0 Å². The van der Waals surface area contributed by atoms with Crippen molar-refractivity contribution in [2.75, 3.05) is 11.4 Å². The summed E-state index contributed by atoms with van der Waals surface area (Å²) in [7, 11) is 0. The summed E-state index contributed by atoms with van der Waals surface area (Å²) < 4.78 is 0.739. The fourth-order valence-electron chi connectivity index (χ4n) is 3.94. The maximum Gasteiger partial charge on any atom is 0.264 e. The Hall–Kier alpha value is -2.24. The van der Waals surface area contributed by atoms with Crippen LogP contribution in [0.1, 0.15) is 39.0 Å². The Balaban J connectivity index is 2.06. The van der Waals surface area contributed by atoms with Gasteiger partial charge in [0, 0.05) is 22.1 Å². The van der Waals surface area contributed by atoms with Crippen LogP contribution in [0, 0.1) is 20.8 Å². The Morgan fingerprint density at radius 3 is 2.44 bits per heavy atom. The fraction of sp³-hybridized carbons (Fsp3) is 0.273. The van der Waals surface area contributed by atoms with Gasteiger partial charge in [0.05, 0.1) is 12.1 Å². The van der Waals surface area contributed by atoms with E-state index in [1.54, 1.807) is 18.2 Å². The van der Waals surface area contributed by atoms with Gasteiger partial charge in [-0.3, -0.25) is 9.59 Å². The number of carbonyl (C=O) groups is 2. The summed E-state index contributed by atoms with van der Waals surface area (Å²) in [5.41, 5.74) is 2.51. The first-order valence-electron chi connectivity index (χ1n) is 8.75. The van der Waals surface area contributed by atoms with Gasteiger partial charge < -0.3 is 10.0 Å². The summed E-state index contributed by atoms with van der Waals surface area (Å²) in [5, 5.41) is 11.3. The van der Waals surface area contributed by atoms with E-state index in [1.807, 2.05) is 39.0 Å². The summed E-state index contributed by atoms with van der Waals surface area (Å²) in [4.78, 5) is 27.6. The Morgan fingerprint density at radius 2 is 1.85 bits per heavy atom. The lowest BCUT2D eigenvalue weighted by Crippen LogP contribution is -2.42. The molecule has 5 heteroatoms. The van der Waals surface area contributed by atoms with Gasteiger partial charge in [-0.05, 0) is 50.1 Å². The standard InChI is InChI=1S/C22H22BrNO3/c1-5-8-24-18-7-6-16(23)11-17(18)22(27,21(24)26)12-19(25)20-14(3)9-13(2)10-15(20)4/h5-7,9-11,27H,1,8,12H2,2-4H3/t22-/m0/s1. The molecule has 3 rings (SSSR count). The quantitative estimate of drug-likeness (QED) is 0.569. The molecule has 1 heterocycles. The summed E-state index contributed by atoms with van der Waals surface area (Å²) in [6.45, 7) is 9.69. The van der Waals surface area contributed by atoms with Crippen molar-refractivity contribution in [1.82, 2.24) is 0 Å². The van der Waals surface area contributed by atoms with Crippen molar-refractivity contribution in [2.24, 2.45) is 0 Å². The van der Waals surface area contributed by atoms with Crippen LogP contribution in [-0.4, -0.2) is 23.3 Å². The first-order valence-corrected chi connectivity index (χ1v) is 9.54. The molecule has 0 unspecified atom stereocenters. The fourth-order valence-corrected chi connectivity index (χ4v) is 4.31. The molecular formula is C22H22BrNO3. The van der Waals surface area contributed by atoms with Gasteiger partial charge in [0.15, 0.2) is 11.4 Å². The SMILES string of the molecule is C=CCN1C(=O)[C@](O)(CC(=O)c2c(C)cc(C)cc2C)c2cc(Br)ccc21. The molecule has 0 aromatic heterocycles. The van der Waals surface area contributed by atoms with E-state index in [9.17, 15) is 14.7 Å². The zero-order chi connectivity index (χ0) is 19.9. The van der Waals surface area contributed by atoms with Crippen LogP contribution in [0.3, 0.4) is 0 Å². The van der Waals surface area contributed by atoms with Gasteiger partial charge in [-0.1, -0.05) is 39.7 Å². The number of halogens is 1. The van der Waals surface area contributed by atoms with E-state index in [0.29, 0.717) is 16.8 Å². The topological polar surface area (TPSA) is 57.6 Å². The number of aliphatic hydroxyl groups is 1. The van der Waals surface area contributed by atoms with E-state index in [2.05, 4.69) is 22.5 Å². The van der Waals surface area contributed by atoms with Crippen LogP contribution < -0.4 is 4.90 Å². The number of carbonyl (C=O) groups excluding carboxylic acids is 2. The summed E-state index contributed by atoms with van der Waals surface area (Å²) in [6.07, 6.45) is 1.30. The van der Waals surface area contributed by atoms with E-state index in [1.165, 1.54) is 4.90 Å². The molecule has 1 amide bonds. The third-order valence-corrected chi connectivity index (χ3v) is 5.47. The van der Waals surface area contributed by atoms with Crippen LogP contribution in [0.15, 0.2) is 47.5 Å². The molecule has 1 aliphatic heterocycles. The minimum atomic E-state index is -1.89. The normalized spacial score (nSPS) is 18.6. The Morgan fingerprint density at radius 1 is 1.22 bits per heavy atom. The van der Waals surface area contributed by atoms with Crippen molar-refractivity contribution in [3.05, 3.63) is 75.3 Å². The second kappa shape index (κ2) is 7.06. The van der Waals surface area contributed by atoms with Crippen molar-refractivity contribution >= 4 is 33.3 Å². The molecule has 0 radical (unpaired) electrons. The molecular weight excluding hydrogens is 406 g/mol. The number of ketones is 1. The number of Topliss-reactive ketones (excluding diaryl/α,β-unsaturated/α-hetero) is 1. The highest BCUT2D eigenvalue weighted by molar-refractivity contribution is 9.10. The van der Waals surface area contributed by atoms with Crippen molar-refractivity contribution < 1.29 is 14.7 Å². The lowest BCUT2D eigenvalue weighted by Gasteiger charge is -2.23. The maximum absolute atomic E-state index is 13.1. The molecule has 2 aromatic carbocycles. The van der Waals surface area contributed by atoms with Crippen LogP contribution in [0.4, 0.5) is 5.69 Å². The molecule has 4 nitrogen and oxygen atoms in total. The Bertz CT molecular complexity index is 943. The van der Waals surface area contributed by atoms with Gasteiger partial charge in [0.25, 0.3) is 5.91 Å². The number of aryl methyl sites for hydroxylation is 3. The monoisotopic (exact) mass is 427 g/mol. The number of fused-ring (bicyclic) bond motifs is 1. The predicted molar refractivity (Wildman–Crippen MR) is 110 cm³/mol. The molecule has 1 N–H and O–H groups in total. The first-order chi connectivity index (χ1) is 12.7. The smallest absolute Gasteiger partial charge is 0.264 e. The molecule has 0 aliphatic carbocycles. The maximum atomic E-state index is 13.1. The number of benzene rings is 2. The summed E-state index contributed by atoms with van der Waals surface area (Å²) in [5.74, 6) is -0.738. The predicted octanol–water partition coefficient (Wildman–Crippen LogP) is 4.37. The molecule has 0 spiro atoms. The average molecular weight is 428 g/mol. The number of amides is 1. The lowest BCUT2D eigenvalue weighted by atomic mass is 9.85. The van der Waals surface area contributed by atoms with Crippen molar-refractivity contribution in [2.45, 2.75) is 32.8 Å². The van der Waals surface area contributed by atoms with Gasteiger partial charge in [-0.25, -0.2) is 0 Å². The van der Waals surface area contributed by atoms with Crippen LogP contribution in [0.25, 0.3) is 0 Å². The van der Waals surface area contributed by atoms with E-state index in [0.717, 1.165) is 21.2 Å². The van der Waals surface area contributed by atoms with Gasteiger partial charge >= 0.3 is 0 Å². The highest BCUT2D eigenvalue weighted by Crippen LogP contribution is 2.44. The highest BCUT2D eigenvalue weighted by atomic mass is 79.9. The minimum absolute atomic E-state index is 0.243. The third-order valence-electron chi connectivity index (χ3n) is 4.98. The first kappa shape index (κ1) is 19.5. The van der Waals surface area contributed by atoms with E-state index in [-0.39, 0.29) is 18.7 Å². The minimum Gasteiger partial charge on any atom is -0.375 e. The molecule has 1 aliphatic rings. The highest BCUT2D eigenvalue weighted by Gasteiger charge is 2.50. The number of rotatable bonds is 5. The number of nitrogens with zero attached hydrogens (tertiary/aromatic N) is 1. The van der Waals surface area contributed by atoms with E-state index in [4.69, 9.17) is 0 Å². The molecule has 0 fully saturated rings. The molecule has 0 bridgehead atoms. The third kappa shape index (κ3) is 3.26. The Kier molecular flexibility index (Phi) is 5.10. The summed E-state index contributed by atoms with van der Waals surface area (Å²) in [6, 6.07) is 9.17. The van der Waals surface area contributed by atoms with Crippen LogP contribution >= 0.6 is 15.9 Å². The largest absolute Gasteiger partial charge is 0.375 e. The van der Waals surface area contributed by atoms with Gasteiger partial charge in [-0.2, -0.15) is 0 Å². The zero-order valence-electron chi connectivity index (χ0n) is 15.7.